The number of nitrogens with zero attached hydrogens (tertiary/aromatic N) is 1. The Hall–Kier alpha value is -2.03. The Morgan fingerprint density at radius 3 is 2.20 bits per heavy atom. The van der Waals surface area contributed by atoms with Gasteiger partial charge in [0, 0.05) is 12.1 Å². The number of carbonyl (C=O) groups is 1. The molecular formula is C14H13F3N2O. The molecule has 0 bridgehead atoms. The van der Waals surface area contributed by atoms with Crippen molar-refractivity contribution in [1.29, 1.82) is 5.26 Å². The van der Waals surface area contributed by atoms with Crippen molar-refractivity contribution in [2.75, 3.05) is 5.32 Å². The molecule has 1 fully saturated rings. The standard InChI is InChI=1S/C14H13F3N2O/c15-9-6-10(16)12(11(17)7-9)19-13(20)14(8-18)4-2-1-3-5-14/h6-7H,1-5H2,(H,19,20). The topological polar surface area (TPSA) is 52.9 Å². The second-order valence-electron chi connectivity index (χ2n) is 4.95. The summed E-state index contributed by atoms with van der Waals surface area (Å²) in [6.45, 7) is 0. The zero-order chi connectivity index (χ0) is 14.8. The molecule has 0 heterocycles. The maximum Gasteiger partial charge on any atom is 0.245 e. The zero-order valence-corrected chi connectivity index (χ0v) is 10.7. The molecule has 1 aromatic carbocycles. The number of anilines is 1. The molecule has 1 amide bonds. The lowest BCUT2D eigenvalue weighted by Gasteiger charge is -2.29. The molecule has 0 aromatic heterocycles. The number of amides is 1. The van der Waals surface area contributed by atoms with Gasteiger partial charge in [0.15, 0.2) is 11.6 Å². The highest BCUT2D eigenvalue weighted by Crippen LogP contribution is 2.37. The van der Waals surface area contributed by atoms with Gasteiger partial charge in [-0.05, 0) is 12.8 Å². The molecule has 20 heavy (non-hydrogen) atoms. The number of halogens is 3. The van der Waals surface area contributed by atoms with Gasteiger partial charge in [-0.15, -0.1) is 0 Å². The summed E-state index contributed by atoms with van der Waals surface area (Å²) in [6.07, 6.45) is 3.08. The van der Waals surface area contributed by atoms with Crippen molar-refractivity contribution in [3.63, 3.8) is 0 Å². The molecule has 106 valence electrons. The minimum Gasteiger partial charge on any atom is -0.320 e. The van der Waals surface area contributed by atoms with Gasteiger partial charge in [-0.2, -0.15) is 5.26 Å². The molecule has 6 heteroatoms. The minimum absolute atomic E-state index is 0.361. The Balaban J connectivity index is 2.26. The third-order valence-corrected chi connectivity index (χ3v) is 3.60. The van der Waals surface area contributed by atoms with E-state index in [1.165, 1.54) is 0 Å². The van der Waals surface area contributed by atoms with Gasteiger partial charge in [-0.25, -0.2) is 13.2 Å². The lowest BCUT2D eigenvalue weighted by molar-refractivity contribution is -0.124. The second kappa shape index (κ2) is 5.53. The highest BCUT2D eigenvalue weighted by molar-refractivity contribution is 5.97. The Labute approximate surface area is 114 Å². The van der Waals surface area contributed by atoms with E-state index in [4.69, 9.17) is 0 Å². The first kappa shape index (κ1) is 14.4. The number of rotatable bonds is 2. The van der Waals surface area contributed by atoms with Gasteiger partial charge in [0.25, 0.3) is 0 Å². The third-order valence-electron chi connectivity index (χ3n) is 3.60. The van der Waals surface area contributed by atoms with Gasteiger partial charge < -0.3 is 5.32 Å². The van der Waals surface area contributed by atoms with E-state index in [0.717, 1.165) is 19.3 Å². The summed E-state index contributed by atoms with van der Waals surface area (Å²) in [5, 5.41) is 11.3. The number of nitrogens with one attached hydrogen (secondary N) is 1. The second-order valence-corrected chi connectivity index (χ2v) is 4.95. The SMILES string of the molecule is N#CC1(C(=O)Nc2c(F)cc(F)cc2F)CCCCC1. The summed E-state index contributed by atoms with van der Waals surface area (Å²) < 4.78 is 39.8. The maximum absolute atomic E-state index is 13.5. The molecule has 0 radical (unpaired) electrons. The van der Waals surface area contributed by atoms with Gasteiger partial charge in [0.1, 0.15) is 16.9 Å². The average Bonchev–Trinajstić information content (AvgIpc) is 2.43. The number of hydrogen-bond donors (Lipinski definition) is 1. The van der Waals surface area contributed by atoms with Crippen molar-refractivity contribution < 1.29 is 18.0 Å². The molecule has 1 N–H and O–H groups in total. The molecule has 0 saturated heterocycles. The van der Waals surface area contributed by atoms with Crippen LogP contribution in [-0.2, 0) is 4.79 Å². The van der Waals surface area contributed by atoms with Crippen LogP contribution >= 0.6 is 0 Å². The maximum atomic E-state index is 13.5. The third kappa shape index (κ3) is 2.62. The van der Waals surface area contributed by atoms with Crippen LogP contribution < -0.4 is 5.32 Å². The molecule has 1 aliphatic carbocycles. The molecule has 1 aromatic rings. The quantitative estimate of drug-likeness (QED) is 0.902. The Bertz CT molecular complexity index is 551. The predicted octanol–water partition coefficient (Wildman–Crippen LogP) is 3.52. The predicted molar refractivity (Wildman–Crippen MR) is 66.1 cm³/mol. The van der Waals surface area contributed by atoms with E-state index in [2.05, 4.69) is 5.32 Å². The van der Waals surface area contributed by atoms with Crippen molar-refractivity contribution in [3.8, 4) is 6.07 Å². The summed E-state index contributed by atoms with van der Waals surface area (Å²) >= 11 is 0. The van der Waals surface area contributed by atoms with Crippen LogP contribution in [0.25, 0.3) is 0 Å². The van der Waals surface area contributed by atoms with Crippen LogP contribution in [0.3, 0.4) is 0 Å². The Morgan fingerprint density at radius 1 is 1.15 bits per heavy atom. The fourth-order valence-electron chi connectivity index (χ4n) is 2.44. The van der Waals surface area contributed by atoms with Crippen LogP contribution in [0.15, 0.2) is 12.1 Å². The summed E-state index contributed by atoms with van der Waals surface area (Å²) in [5.74, 6) is -4.19. The summed E-state index contributed by atoms with van der Waals surface area (Å²) in [6, 6.07) is 2.93. The summed E-state index contributed by atoms with van der Waals surface area (Å²) in [5.41, 5.74) is -1.97. The summed E-state index contributed by atoms with van der Waals surface area (Å²) in [7, 11) is 0. The van der Waals surface area contributed by atoms with Gasteiger partial charge in [0.2, 0.25) is 5.91 Å². The van der Waals surface area contributed by atoms with Crippen LogP contribution in [-0.4, -0.2) is 5.91 Å². The van der Waals surface area contributed by atoms with Gasteiger partial charge in [-0.1, -0.05) is 19.3 Å². The molecule has 1 saturated carbocycles. The largest absolute Gasteiger partial charge is 0.320 e. The van der Waals surface area contributed by atoms with E-state index in [9.17, 15) is 23.2 Å². The van der Waals surface area contributed by atoms with E-state index in [1.54, 1.807) is 0 Å². The number of hydrogen-bond acceptors (Lipinski definition) is 2. The average molecular weight is 282 g/mol. The van der Waals surface area contributed by atoms with Crippen molar-refractivity contribution >= 4 is 11.6 Å². The van der Waals surface area contributed by atoms with E-state index < -0.39 is 34.5 Å². The van der Waals surface area contributed by atoms with Crippen molar-refractivity contribution in [3.05, 3.63) is 29.6 Å². The first-order valence-corrected chi connectivity index (χ1v) is 6.36. The Morgan fingerprint density at radius 2 is 1.70 bits per heavy atom. The van der Waals surface area contributed by atoms with Crippen molar-refractivity contribution in [1.82, 2.24) is 0 Å². The number of benzene rings is 1. The van der Waals surface area contributed by atoms with Crippen molar-refractivity contribution in [2.45, 2.75) is 32.1 Å². The molecule has 2 rings (SSSR count). The van der Waals surface area contributed by atoms with Crippen LogP contribution in [0.2, 0.25) is 0 Å². The van der Waals surface area contributed by atoms with Crippen LogP contribution in [0.1, 0.15) is 32.1 Å². The molecular weight excluding hydrogens is 269 g/mol. The highest BCUT2D eigenvalue weighted by atomic mass is 19.1. The fraction of sp³-hybridized carbons (Fsp3) is 0.429. The highest BCUT2D eigenvalue weighted by Gasteiger charge is 2.40. The smallest absolute Gasteiger partial charge is 0.245 e. The van der Waals surface area contributed by atoms with Crippen molar-refractivity contribution in [2.24, 2.45) is 5.41 Å². The van der Waals surface area contributed by atoms with Gasteiger partial charge in [0.05, 0.1) is 6.07 Å². The number of nitriles is 1. The Kier molecular flexibility index (Phi) is 3.98. The van der Waals surface area contributed by atoms with Crippen LogP contribution in [0.4, 0.5) is 18.9 Å². The monoisotopic (exact) mass is 282 g/mol. The molecule has 0 spiro atoms. The minimum atomic E-state index is -1.26. The molecule has 1 aliphatic rings. The number of carbonyl (C=O) groups excluding carboxylic acids is 1. The van der Waals surface area contributed by atoms with E-state index >= 15 is 0 Å². The van der Waals surface area contributed by atoms with E-state index in [-0.39, 0.29) is 0 Å². The zero-order valence-electron chi connectivity index (χ0n) is 10.7. The van der Waals surface area contributed by atoms with E-state index in [0.29, 0.717) is 25.0 Å². The lowest BCUT2D eigenvalue weighted by atomic mass is 9.74. The molecule has 0 unspecified atom stereocenters. The molecule has 3 nitrogen and oxygen atoms in total. The van der Waals surface area contributed by atoms with Crippen LogP contribution in [0, 0.1) is 34.2 Å². The van der Waals surface area contributed by atoms with Gasteiger partial charge in [-0.3, -0.25) is 4.79 Å². The van der Waals surface area contributed by atoms with Gasteiger partial charge >= 0.3 is 0 Å². The first-order valence-electron chi connectivity index (χ1n) is 6.36. The summed E-state index contributed by atoms with van der Waals surface area (Å²) in [4.78, 5) is 12.1. The molecule has 0 aliphatic heterocycles. The molecule has 0 atom stereocenters. The fourth-order valence-corrected chi connectivity index (χ4v) is 2.44. The van der Waals surface area contributed by atoms with E-state index in [1.807, 2.05) is 6.07 Å². The first-order chi connectivity index (χ1) is 9.48. The van der Waals surface area contributed by atoms with Crippen LogP contribution in [0.5, 0.6) is 0 Å². The normalized spacial score (nSPS) is 17.3. The lowest BCUT2D eigenvalue weighted by Crippen LogP contribution is -2.37.